The van der Waals surface area contributed by atoms with Crippen molar-refractivity contribution < 1.29 is 9.59 Å². The van der Waals surface area contributed by atoms with Crippen LogP contribution in [0.4, 0.5) is 0 Å². The van der Waals surface area contributed by atoms with E-state index < -0.39 is 0 Å². The van der Waals surface area contributed by atoms with Crippen molar-refractivity contribution in [2.75, 3.05) is 13.6 Å². The number of carbonyl (C=O) groups excluding carboxylic acids is 2. The predicted molar refractivity (Wildman–Crippen MR) is 88.8 cm³/mol. The SMILES string of the molecule is CC.CNC(=O)c1ccc(C(N)C2CN2C(=O)C2CCC2)s1. The normalized spacial score (nSPS) is 21.3. The van der Waals surface area contributed by atoms with Crippen molar-refractivity contribution in [1.29, 1.82) is 0 Å². The summed E-state index contributed by atoms with van der Waals surface area (Å²) in [6.07, 6.45) is 3.22. The van der Waals surface area contributed by atoms with E-state index in [4.69, 9.17) is 5.73 Å². The molecule has 1 aromatic heterocycles. The number of amides is 2. The second kappa shape index (κ2) is 7.24. The van der Waals surface area contributed by atoms with E-state index in [1.165, 1.54) is 17.8 Å². The van der Waals surface area contributed by atoms with E-state index in [0.717, 1.165) is 24.3 Å². The average molecular weight is 323 g/mol. The van der Waals surface area contributed by atoms with Crippen LogP contribution in [-0.4, -0.2) is 36.3 Å². The van der Waals surface area contributed by atoms with Crippen LogP contribution in [-0.2, 0) is 4.79 Å². The Kier molecular flexibility index (Phi) is 5.58. The van der Waals surface area contributed by atoms with Crippen molar-refractivity contribution in [3.8, 4) is 0 Å². The van der Waals surface area contributed by atoms with E-state index in [1.54, 1.807) is 13.1 Å². The fourth-order valence-electron chi connectivity index (χ4n) is 2.57. The second-order valence-corrected chi connectivity index (χ2v) is 6.61. The molecule has 2 fully saturated rings. The van der Waals surface area contributed by atoms with Gasteiger partial charge in [-0.3, -0.25) is 9.59 Å². The molecule has 3 rings (SSSR count). The molecule has 2 amide bonds. The van der Waals surface area contributed by atoms with Gasteiger partial charge < -0.3 is 16.0 Å². The summed E-state index contributed by atoms with van der Waals surface area (Å²) in [6, 6.07) is 3.62. The van der Waals surface area contributed by atoms with Crippen LogP contribution in [0.5, 0.6) is 0 Å². The quantitative estimate of drug-likeness (QED) is 0.834. The fraction of sp³-hybridized carbons (Fsp3) is 0.625. The van der Waals surface area contributed by atoms with Crippen LogP contribution >= 0.6 is 11.3 Å². The van der Waals surface area contributed by atoms with Crippen molar-refractivity contribution in [2.45, 2.75) is 45.2 Å². The Morgan fingerprint density at radius 2 is 2.05 bits per heavy atom. The van der Waals surface area contributed by atoms with E-state index in [9.17, 15) is 9.59 Å². The Hall–Kier alpha value is -1.40. The summed E-state index contributed by atoms with van der Waals surface area (Å²) < 4.78 is 0. The number of thiophene rings is 1. The lowest BCUT2D eigenvalue weighted by atomic mass is 9.85. The second-order valence-electron chi connectivity index (χ2n) is 5.49. The molecule has 0 bridgehead atoms. The highest BCUT2D eigenvalue weighted by atomic mass is 32.1. The molecule has 2 heterocycles. The van der Waals surface area contributed by atoms with Crippen LogP contribution < -0.4 is 11.1 Å². The van der Waals surface area contributed by atoms with E-state index in [2.05, 4.69) is 5.32 Å². The van der Waals surface area contributed by atoms with Gasteiger partial charge in [-0.25, -0.2) is 0 Å². The van der Waals surface area contributed by atoms with Crippen molar-refractivity contribution in [3.05, 3.63) is 21.9 Å². The van der Waals surface area contributed by atoms with E-state index in [1.807, 2.05) is 24.8 Å². The minimum absolute atomic E-state index is 0.0911. The first-order valence-corrected chi connectivity index (χ1v) is 8.81. The third-order valence-corrected chi connectivity index (χ3v) is 5.39. The largest absolute Gasteiger partial charge is 0.354 e. The van der Waals surface area contributed by atoms with Gasteiger partial charge >= 0.3 is 0 Å². The molecule has 1 aliphatic carbocycles. The van der Waals surface area contributed by atoms with Gasteiger partial charge in [0, 0.05) is 24.4 Å². The third-order valence-electron chi connectivity index (χ3n) is 4.21. The lowest BCUT2D eigenvalue weighted by molar-refractivity contribution is -0.133. The van der Waals surface area contributed by atoms with Gasteiger partial charge in [0.05, 0.1) is 17.0 Å². The summed E-state index contributed by atoms with van der Waals surface area (Å²) in [5, 5.41) is 2.60. The zero-order valence-electron chi connectivity index (χ0n) is 13.5. The van der Waals surface area contributed by atoms with Crippen LogP contribution in [0.15, 0.2) is 12.1 Å². The Morgan fingerprint density at radius 1 is 1.36 bits per heavy atom. The average Bonchev–Trinajstić information content (AvgIpc) is 3.14. The van der Waals surface area contributed by atoms with Crippen molar-refractivity contribution >= 4 is 23.2 Å². The number of carbonyl (C=O) groups is 2. The molecule has 1 aliphatic heterocycles. The molecular formula is C16H25N3O2S. The number of nitrogens with zero attached hydrogens (tertiary/aromatic N) is 1. The Morgan fingerprint density at radius 3 is 2.59 bits per heavy atom. The van der Waals surface area contributed by atoms with E-state index >= 15 is 0 Å². The van der Waals surface area contributed by atoms with Crippen LogP contribution in [0.25, 0.3) is 0 Å². The van der Waals surface area contributed by atoms with Crippen LogP contribution in [0.3, 0.4) is 0 Å². The molecular weight excluding hydrogens is 298 g/mol. The highest BCUT2D eigenvalue weighted by molar-refractivity contribution is 7.14. The van der Waals surface area contributed by atoms with Crippen LogP contribution in [0, 0.1) is 5.92 Å². The lowest BCUT2D eigenvalue weighted by Gasteiger charge is -2.24. The lowest BCUT2D eigenvalue weighted by Crippen LogP contribution is -2.31. The predicted octanol–water partition coefficient (Wildman–Crippen LogP) is 2.14. The molecule has 1 saturated heterocycles. The smallest absolute Gasteiger partial charge is 0.261 e. The molecule has 2 aliphatic rings. The molecule has 6 heteroatoms. The maximum absolute atomic E-state index is 12.1. The van der Waals surface area contributed by atoms with E-state index in [0.29, 0.717) is 4.88 Å². The van der Waals surface area contributed by atoms with Crippen LogP contribution in [0.1, 0.15) is 53.7 Å². The summed E-state index contributed by atoms with van der Waals surface area (Å²) in [5.74, 6) is 0.406. The maximum Gasteiger partial charge on any atom is 0.261 e. The Labute approximate surface area is 135 Å². The van der Waals surface area contributed by atoms with Gasteiger partial charge in [-0.15, -0.1) is 11.3 Å². The molecule has 5 nitrogen and oxygen atoms in total. The zero-order chi connectivity index (χ0) is 16.3. The monoisotopic (exact) mass is 323 g/mol. The molecule has 0 spiro atoms. The highest BCUT2D eigenvalue weighted by Gasteiger charge is 2.46. The zero-order valence-corrected chi connectivity index (χ0v) is 14.3. The summed E-state index contributed by atoms with van der Waals surface area (Å²) >= 11 is 1.41. The molecule has 2 unspecified atom stereocenters. The summed E-state index contributed by atoms with van der Waals surface area (Å²) in [5.41, 5.74) is 6.23. The first kappa shape index (κ1) is 17.0. The minimum Gasteiger partial charge on any atom is -0.354 e. The standard InChI is InChI=1S/C14H19N3O2S.C2H6/c1-16-13(18)11-6-5-10(20-11)12(15)9-7-17(9)14(19)8-3-2-4-8;1-2/h5-6,8-9,12H,2-4,7,15H2,1H3,(H,16,18);1-2H3. The number of hydrogen-bond donors (Lipinski definition) is 2. The molecule has 1 saturated carbocycles. The van der Waals surface area contributed by atoms with Crippen LogP contribution in [0.2, 0.25) is 0 Å². The highest BCUT2D eigenvalue weighted by Crippen LogP contribution is 2.37. The molecule has 122 valence electrons. The number of nitrogens with two attached hydrogens (primary N) is 1. The van der Waals surface area contributed by atoms with Gasteiger partial charge in [0.1, 0.15) is 0 Å². The third kappa shape index (κ3) is 3.33. The molecule has 1 aromatic rings. The number of nitrogens with one attached hydrogen (secondary N) is 1. The van der Waals surface area contributed by atoms with Gasteiger partial charge in [0.25, 0.3) is 5.91 Å². The topological polar surface area (TPSA) is 75.2 Å². The first-order valence-electron chi connectivity index (χ1n) is 7.99. The van der Waals surface area contributed by atoms with Crippen molar-refractivity contribution in [3.63, 3.8) is 0 Å². The van der Waals surface area contributed by atoms with Crippen molar-refractivity contribution in [2.24, 2.45) is 11.7 Å². The van der Waals surface area contributed by atoms with Gasteiger partial charge in [0.2, 0.25) is 5.91 Å². The number of hydrogen-bond acceptors (Lipinski definition) is 4. The Bertz CT molecular complexity index is 539. The molecule has 0 radical (unpaired) electrons. The maximum atomic E-state index is 12.1. The molecule has 2 atom stereocenters. The molecule has 0 aromatic carbocycles. The van der Waals surface area contributed by atoms with Gasteiger partial charge in [-0.1, -0.05) is 20.3 Å². The van der Waals surface area contributed by atoms with Gasteiger partial charge in [-0.2, -0.15) is 0 Å². The summed E-state index contributed by atoms with van der Waals surface area (Å²) in [4.78, 5) is 27.2. The van der Waals surface area contributed by atoms with E-state index in [-0.39, 0.29) is 29.8 Å². The number of rotatable bonds is 4. The summed E-state index contributed by atoms with van der Waals surface area (Å²) in [6.45, 7) is 4.75. The molecule has 22 heavy (non-hydrogen) atoms. The molecule has 3 N–H and O–H groups in total. The summed E-state index contributed by atoms with van der Waals surface area (Å²) in [7, 11) is 1.61. The van der Waals surface area contributed by atoms with Crippen molar-refractivity contribution in [1.82, 2.24) is 10.2 Å². The van der Waals surface area contributed by atoms with Gasteiger partial charge in [-0.05, 0) is 25.0 Å². The first-order chi connectivity index (χ1) is 10.6. The Balaban J connectivity index is 0.000000847. The minimum atomic E-state index is -0.178. The van der Waals surface area contributed by atoms with Gasteiger partial charge in [0.15, 0.2) is 0 Å². The fourth-order valence-corrected chi connectivity index (χ4v) is 3.59.